The van der Waals surface area contributed by atoms with Gasteiger partial charge in [0.15, 0.2) is 0 Å². The van der Waals surface area contributed by atoms with E-state index in [9.17, 15) is 18.3 Å². The summed E-state index contributed by atoms with van der Waals surface area (Å²) in [5, 5.41) is 18.2. The number of alkyl halides is 3. The van der Waals surface area contributed by atoms with Gasteiger partial charge in [-0.25, -0.2) is 4.98 Å². The Morgan fingerprint density at radius 2 is 1.89 bits per heavy atom. The van der Waals surface area contributed by atoms with Gasteiger partial charge in [-0.1, -0.05) is 18.2 Å². The van der Waals surface area contributed by atoms with Crippen molar-refractivity contribution in [1.82, 2.24) is 24.6 Å². The molecule has 0 amide bonds. The molecular formula is C27H27F3N6O2. The molecule has 4 aliphatic rings. The Kier molecular flexibility index (Phi) is 6.09. The molecule has 2 aromatic carbocycles. The monoisotopic (exact) mass is 524 g/mol. The van der Waals surface area contributed by atoms with Gasteiger partial charge in [0, 0.05) is 37.1 Å². The molecule has 2 fully saturated rings. The average Bonchev–Trinajstić information content (AvgIpc) is 3.31. The van der Waals surface area contributed by atoms with Crippen LogP contribution in [0.1, 0.15) is 30.9 Å². The number of fused-ring (bicyclic) bond motifs is 1. The van der Waals surface area contributed by atoms with Gasteiger partial charge in [0.05, 0.1) is 6.10 Å². The fourth-order valence-electron chi connectivity index (χ4n) is 4.95. The highest BCUT2D eigenvalue weighted by Gasteiger charge is 2.47. The maximum absolute atomic E-state index is 13.1. The summed E-state index contributed by atoms with van der Waals surface area (Å²) in [5.41, 5.74) is 7.86. The van der Waals surface area contributed by atoms with Gasteiger partial charge in [-0.05, 0) is 55.2 Å². The van der Waals surface area contributed by atoms with E-state index in [1.807, 2.05) is 24.3 Å². The van der Waals surface area contributed by atoms with Gasteiger partial charge in [0.2, 0.25) is 0 Å². The van der Waals surface area contributed by atoms with Crippen molar-refractivity contribution in [3.8, 4) is 34.1 Å². The van der Waals surface area contributed by atoms with E-state index in [0.717, 1.165) is 43.8 Å². The molecule has 6 rings (SSSR count). The van der Waals surface area contributed by atoms with Gasteiger partial charge in [-0.15, -0.1) is 10.2 Å². The molecule has 198 valence electrons. The van der Waals surface area contributed by atoms with Crippen molar-refractivity contribution in [2.45, 2.75) is 43.2 Å². The summed E-state index contributed by atoms with van der Waals surface area (Å²) >= 11 is 0. The van der Waals surface area contributed by atoms with Crippen LogP contribution in [0.4, 0.5) is 13.2 Å². The van der Waals surface area contributed by atoms with E-state index in [0.29, 0.717) is 29.2 Å². The van der Waals surface area contributed by atoms with Gasteiger partial charge in [0.1, 0.15) is 40.8 Å². The van der Waals surface area contributed by atoms with E-state index < -0.39 is 12.2 Å². The highest BCUT2D eigenvalue weighted by atomic mass is 19.4. The molecule has 3 N–H and O–H groups in total. The quantitative estimate of drug-likeness (QED) is 0.377. The molecule has 38 heavy (non-hydrogen) atoms. The van der Waals surface area contributed by atoms with E-state index in [-0.39, 0.29) is 17.3 Å². The minimum Gasteiger partial charge on any atom is -0.486 e. The molecule has 2 atom stereocenters. The number of rotatable bonds is 7. The maximum atomic E-state index is 13.1. The van der Waals surface area contributed by atoms with Crippen molar-refractivity contribution in [2.75, 3.05) is 19.6 Å². The average molecular weight is 525 g/mol. The van der Waals surface area contributed by atoms with Gasteiger partial charge < -0.3 is 20.1 Å². The van der Waals surface area contributed by atoms with Crippen LogP contribution in [-0.2, 0) is 0 Å². The lowest BCUT2D eigenvalue weighted by molar-refractivity contribution is -0.149. The van der Waals surface area contributed by atoms with Crippen LogP contribution in [0.5, 0.6) is 5.75 Å². The topological polar surface area (TPSA) is 102 Å². The predicted octanol–water partition coefficient (Wildman–Crippen LogP) is 3.97. The molecule has 11 heteroatoms. The molecule has 0 bridgehead atoms. The second kappa shape index (κ2) is 9.33. The van der Waals surface area contributed by atoms with Gasteiger partial charge in [0.25, 0.3) is 0 Å². The maximum Gasteiger partial charge on any atom is 0.407 e. The Morgan fingerprint density at radius 1 is 1.11 bits per heavy atom. The molecule has 3 heterocycles. The lowest BCUT2D eigenvalue weighted by atomic mass is 10.0. The van der Waals surface area contributed by atoms with Crippen molar-refractivity contribution in [3.05, 3.63) is 66.6 Å². The molecule has 2 aromatic rings. The van der Waals surface area contributed by atoms with E-state index in [1.54, 1.807) is 23.2 Å². The van der Waals surface area contributed by atoms with Crippen molar-refractivity contribution in [1.29, 1.82) is 0 Å². The summed E-state index contributed by atoms with van der Waals surface area (Å²) in [6.07, 6.45) is 1.43. The first kappa shape index (κ1) is 24.8. The van der Waals surface area contributed by atoms with Crippen LogP contribution in [0.3, 0.4) is 0 Å². The number of hydrogen-bond donors (Lipinski definition) is 2. The predicted molar refractivity (Wildman–Crippen MR) is 134 cm³/mol. The molecular weight excluding hydrogens is 497 g/mol. The molecule has 1 saturated heterocycles. The highest BCUT2D eigenvalue weighted by Crippen LogP contribution is 2.42. The molecule has 3 aliphatic heterocycles. The Morgan fingerprint density at radius 3 is 2.58 bits per heavy atom. The molecule has 1 saturated carbocycles. The van der Waals surface area contributed by atoms with Crippen molar-refractivity contribution >= 4 is 0 Å². The molecule has 2 unspecified atom stereocenters. The lowest BCUT2D eigenvalue weighted by Crippen LogP contribution is -2.36. The second-order valence-electron chi connectivity index (χ2n) is 10.2. The zero-order valence-electron chi connectivity index (χ0n) is 20.5. The summed E-state index contributed by atoms with van der Waals surface area (Å²) in [7, 11) is 0. The van der Waals surface area contributed by atoms with E-state index in [2.05, 4.69) is 20.1 Å². The Bertz CT molecular complexity index is 1400. The minimum atomic E-state index is -4.54. The standard InChI is InChI=1S/C27H27F3N6O2/c28-27(29,30)25(31)18-3-1-2-17(12-18)23-24-22(33-34-23)14-36(16-32-24)19-4-6-21(7-5-19)38-26(9-10-26)15-35-11-8-20(37)13-35/h1-7,12,14,16,20,25,37H,8-11,13,15,31H2. The summed E-state index contributed by atoms with van der Waals surface area (Å²) in [5.74, 6) is 0.785. The number of aromatic nitrogens is 4. The third kappa shape index (κ3) is 4.96. The SMILES string of the molecule is NC(c1cccc(-c2nnc3cn(-c4ccc(OC5(CN6CCC(O)C6)CC5)cc4)cnc2-3)c1)C(F)(F)F. The highest BCUT2D eigenvalue weighted by molar-refractivity contribution is 5.77. The first-order valence-electron chi connectivity index (χ1n) is 12.5. The fourth-order valence-corrected chi connectivity index (χ4v) is 4.95. The summed E-state index contributed by atoms with van der Waals surface area (Å²) in [6, 6.07) is 11.5. The molecule has 0 radical (unpaired) electrons. The lowest BCUT2D eigenvalue weighted by Gasteiger charge is -2.24. The fraction of sp³-hybridized carbons (Fsp3) is 0.370. The Hall–Kier alpha value is -3.54. The third-order valence-electron chi connectivity index (χ3n) is 7.21. The minimum absolute atomic E-state index is 0.0505. The van der Waals surface area contributed by atoms with Crippen LogP contribution in [0.2, 0.25) is 0 Å². The van der Waals surface area contributed by atoms with Crippen molar-refractivity contribution in [3.63, 3.8) is 0 Å². The van der Waals surface area contributed by atoms with E-state index in [4.69, 9.17) is 10.5 Å². The summed E-state index contributed by atoms with van der Waals surface area (Å²) < 4.78 is 47.4. The third-order valence-corrected chi connectivity index (χ3v) is 7.21. The Balaban J connectivity index is 1.18. The molecule has 0 aromatic heterocycles. The van der Waals surface area contributed by atoms with Gasteiger partial charge >= 0.3 is 6.18 Å². The largest absolute Gasteiger partial charge is 0.486 e. The zero-order chi connectivity index (χ0) is 26.5. The van der Waals surface area contributed by atoms with Crippen LogP contribution in [-0.4, -0.2) is 67.3 Å². The molecule has 0 spiro atoms. The van der Waals surface area contributed by atoms with E-state index in [1.165, 1.54) is 18.2 Å². The second-order valence-corrected chi connectivity index (χ2v) is 10.2. The van der Waals surface area contributed by atoms with Gasteiger partial charge in [-0.2, -0.15) is 13.2 Å². The van der Waals surface area contributed by atoms with Crippen molar-refractivity contribution < 1.29 is 23.0 Å². The van der Waals surface area contributed by atoms with Gasteiger partial charge in [-0.3, -0.25) is 4.90 Å². The number of aliphatic hydroxyl groups excluding tert-OH is 1. The number of nitrogens with two attached hydrogens (primary N) is 1. The number of ether oxygens (including phenoxy) is 1. The first-order chi connectivity index (χ1) is 18.2. The van der Waals surface area contributed by atoms with Crippen LogP contribution < -0.4 is 10.5 Å². The van der Waals surface area contributed by atoms with Crippen LogP contribution in [0.25, 0.3) is 28.3 Å². The molecule has 1 aliphatic carbocycles. The number of aliphatic hydroxyl groups is 1. The van der Waals surface area contributed by atoms with Crippen LogP contribution in [0.15, 0.2) is 61.1 Å². The number of benzene rings is 2. The van der Waals surface area contributed by atoms with E-state index >= 15 is 0 Å². The smallest absolute Gasteiger partial charge is 0.407 e. The number of nitrogens with zero attached hydrogens (tertiary/aromatic N) is 5. The number of hydrogen-bond acceptors (Lipinski definition) is 7. The van der Waals surface area contributed by atoms with Crippen molar-refractivity contribution in [2.24, 2.45) is 5.73 Å². The summed E-state index contributed by atoms with van der Waals surface area (Å²) in [4.78, 5) is 6.76. The molecule has 8 nitrogen and oxygen atoms in total. The number of halogens is 3. The Labute approximate surface area is 217 Å². The summed E-state index contributed by atoms with van der Waals surface area (Å²) in [6.45, 7) is 2.43. The normalized spacial score (nSPS) is 20.1. The number of β-amino-alcohol motifs (C(OH)–C–C–N with tert-alkyl or cyclic N) is 1. The number of likely N-dealkylation sites (tertiary alicyclic amines) is 1. The van der Waals surface area contributed by atoms with Crippen LogP contribution >= 0.6 is 0 Å². The zero-order valence-corrected chi connectivity index (χ0v) is 20.5. The first-order valence-corrected chi connectivity index (χ1v) is 12.5. The van der Waals surface area contributed by atoms with Crippen LogP contribution in [0, 0.1) is 0 Å².